The second-order valence-corrected chi connectivity index (χ2v) is 5.69. The van der Waals surface area contributed by atoms with E-state index in [4.69, 9.17) is 14.2 Å². The molecule has 0 N–H and O–H groups in total. The van der Waals surface area contributed by atoms with Crippen molar-refractivity contribution in [2.24, 2.45) is 5.92 Å². The lowest BCUT2D eigenvalue weighted by Crippen LogP contribution is -2.37. The second kappa shape index (κ2) is 6.73. The van der Waals surface area contributed by atoms with Crippen LogP contribution in [0.4, 0.5) is 4.39 Å². The van der Waals surface area contributed by atoms with Crippen molar-refractivity contribution in [3.05, 3.63) is 29.6 Å². The van der Waals surface area contributed by atoms with Gasteiger partial charge in [0.25, 0.3) is 0 Å². The Hall–Kier alpha value is -1.17. The van der Waals surface area contributed by atoms with E-state index in [-0.39, 0.29) is 12.1 Å². The van der Waals surface area contributed by atoms with Crippen LogP contribution in [0.15, 0.2) is 18.2 Å². The van der Waals surface area contributed by atoms with Gasteiger partial charge in [0.2, 0.25) is 0 Å². The van der Waals surface area contributed by atoms with E-state index in [9.17, 15) is 4.39 Å². The van der Waals surface area contributed by atoms with E-state index < -0.39 is 0 Å². The minimum Gasteiger partial charge on any atom is -0.494 e. The Balaban J connectivity index is 1.51. The summed E-state index contributed by atoms with van der Waals surface area (Å²) in [5, 5.41) is 0. The number of hydrogen-bond donors (Lipinski definition) is 0. The fourth-order valence-corrected chi connectivity index (χ4v) is 3.10. The molecular weight excluding hydrogens is 273 g/mol. The predicted octanol–water partition coefficient (Wildman–Crippen LogP) is 2.42. The molecule has 0 bridgehead atoms. The summed E-state index contributed by atoms with van der Waals surface area (Å²) in [7, 11) is 1.48. The fourth-order valence-electron chi connectivity index (χ4n) is 3.10. The number of likely N-dealkylation sites (tertiary alicyclic amines) is 1. The van der Waals surface area contributed by atoms with Crippen LogP contribution < -0.4 is 4.74 Å². The summed E-state index contributed by atoms with van der Waals surface area (Å²) in [6.45, 7) is 4.22. The van der Waals surface area contributed by atoms with Crippen molar-refractivity contribution < 1.29 is 18.6 Å². The molecule has 0 aliphatic carbocycles. The Kier molecular flexibility index (Phi) is 4.73. The third kappa shape index (κ3) is 3.54. The number of methoxy groups -OCH3 is 1. The van der Waals surface area contributed by atoms with Gasteiger partial charge < -0.3 is 14.2 Å². The summed E-state index contributed by atoms with van der Waals surface area (Å²) in [4.78, 5) is 2.35. The van der Waals surface area contributed by atoms with Gasteiger partial charge in [0.05, 0.1) is 20.3 Å². The molecule has 2 heterocycles. The zero-order chi connectivity index (χ0) is 14.7. The molecular formula is C16H22FNO3. The van der Waals surface area contributed by atoms with Gasteiger partial charge in [-0.25, -0.2) is 4.39 Å². The zero-order valence-corrected chi connectivity index (χ0v) is 12.4. The topological polar surface area (TPSA) is 30.9 Å². The van der Waals surface area contributed by atoms with Crippen molar-refractivity contribution in [1.29, 1.82) is 0 Å². The number of ether oxygens (including phenoxy) is 3. The number of benzene rings is 1. The van der Waals surface area contributed by atoms with Crippen molar-refractivity contribution in [3.8, 4) is 5.75 Å². The van der Waals surface area contributed by atoms with Gasteiger partial charge in [-0.1, -0.05) is 6.07 Å². The molecule has 1 aromatic rings. The van der Waals surface area contributed by atoms with Gasteiger partial charge in [0.15, 0.2) is 17.9 Å². The molecule has 0 unspecified atom stereocenters. The van der Waals surface area contributed by atoms with Crippen molar-refractivity contribution in [2.75, 3.05) is 33.4 Å². The molecule has 0 spiro atoms. The molecule has 0 aromatic heterocycles. The highest BCUT2D eigenvalue weighted by Crippen LogP contribution is 2.27. The maximum absolute atomic E-state index is 13.7. The third-order valence-electron chi connectivity index (χ3n) is 4.29. The molecule has 116 valence electrons. The molecule has 2 aliphatic heterocycles. The molecule has 3 rings (SSSR count). The van der Waals surface area contributed by atoms with Crippen molar-refractivity contribution in [3.63, 3.8) is 0 Å². The normalized spacial score (nSPS) is 21.8. The minimum absolute atomic E-state index is 0.00872. The summed E-state index contributed by atoms with van der Waals surface area (Å²) in [5.41, 5.74) is 0.986. The first kappa shape index (κ1) is 14.8. The van der Waals surface area contributed by atoms with Crippen LogP contribution >= 0.6 is 0 Å². The summed E-state index contributed by atoms with van der Waals surface area (Å²) in [5.74, 6) is 0.502. The van der Waals surface area contributed by atoms with E-state index in [0.717, 1.165) is 51.3 Å². The highest BCUT2D eigenvalue weighted by atomic mass is 19.1. The molecule has 5 heteroatoms. The van der Waals surface area contributed by atoms with Crippen LogP contribution in [0.2, 0.25) is 0 Å². The van der Waals surface area contributed by atoms with Crippen LogP contribution in [0, 0.1) is 11.7 Å². The smallest absolute Gasteiger partial charge is 0.165 e. The lowest BCUT2D eigenvalue weighted by atomic mass is 9.96. The molecule has 0 amide bonds. The quantitative estimate of drug-likeness (QED) is 0.853. The van der Waals surface area contributed by atoms with E-state index in [1.54, 1.807) is 12.1 Å². The number of halogens is 1. The Morgan fingerprint density at radius 2 is 1.95 bits per heavy atom. The van der Waals surface area contributed by atoms with Gasteiger partial charge in [-0.05, 0) is 43.6 Å². The fraction of sp³-hybridized carbons (Fsp3) is 0.625. The number of hydrogen-bond acceptors (Lipinski definition) is 4. The summed E-state index contributed by atoms with van der Waals surface area (Å²) >= 11 is 0. The largest absolute Gasteiger partial charge is 0.494 e. The Morgan fingerprint density at radius 3 is 2.57 bits per heavy atom. The van der Waals surface area contributed by atoms with Crippen LogP contribution in [0.1, 0.15) is 18.4 Å². The van der Waals surface area contributed by atoms with Crippen LogP contribution in [-0.2, 0) is 16.0 Å². The Morgan fingerprint density at radius 1 is 1.24 bits per heavy atom. The zero-order valence-electron chi connectivity index (χ0n) is 12.4. The van der Waals surface area contributed by atoms with E-state index in [1.165, 1.54) is 7.11 Å². The van der Waals surface area contributed by atoms with Gasteiger partial charge >= 0.3 is 0 Å². The molecule has 1 aromatic carbocycles. The summed E-state index contributed by atoms with van der Waals surface area (Å²) in [6, 6.07) is 5.18. The molecule has 0 saturated carbocycles. The lowest BCUT2D eigenvalue weighted by molar-refractivity contribution is -0.0977. The van der Waals surface area contributed by atoms with Crippen molar-refractivity contribution in [1.82, 2.24) is 4.90 Å². The van der Waals surface area contributed by atoms with Crippen LogP contribution in [0.5, 0.6) is 5.75 Å². The SMILES string of the molecule is COc1ccc(CN2CCC(C3OCCO3)CC2)cc1F. The highest BCUT2D eigenvalue weighted by molar-refractivity contribution is 5.29. The standard InChI is InChI=1S/C16H22FNO3/c1-19-15-3-2-12(10-14(15)17)11-18-6-4-13(5-7-18)16-20-8-9-21-16/h2-3,10,13,16H,4-9,11H2,1H3. The van der Waals surface area contributed by atoms with Gasteiger partial charge in [0.1, 0.15) is 0 Å². The van der Waals surface area contributed by atoms with Crippen LogP contribution in [0.25, 0.3) is 0 Å². The average Bonchev–Trinajstić information content (AvgIpc) is 3.02. The second-order valence-electron chi connectivity index (χ2n) is 5.69. The number of nitrogens with zero attached hydrogens (tertiary/aromatic N) is 1. The first-order valence-corrected chi connectivity index (χ1v) is 7.54. The molecule has 21 heavy (non-hydrogen) atoms. The Labute approximate surface area is 124 Å². The molecule has 0 radical (unpaired) electrons. The van der Waals surface area contributed by atoms with E-state index >= 15 is 0 Å². The predicted molar refractivity (Wildman–Crippen MR) is 76.6 cm³/mol. The van der Waals surface area contributed by atoms with Gasteiger partial charge in [-0.2, -0.15) is 0 Å². The van der Waals surface area contributed by atoms with Gasteiger partial charge in [0, 0.05) is 12.5 Å². The number of piperidine rings is 1. The van der Waals surface area contributed by atoms with Crippen molar-refractivity contribution >= 4 is 0 Å². The highest BCUT2D eigenvalue weighted by Gasteiger charge is 2.30. The average molecular weight is 295 g/mol. The molecule has 2 saturated heterocycles. The minimum atomic E-state index is -0.294. The molecule has 4 nitrogen and oxygen atoms in total. The molecule has 2 fully saturated rings. The third-order valence-corrected chi connectivity index (χ3v) is 4.29. The first-order valence-electron chi connectivity index (χ1n) is 7.54. The number of rotatable bonds is 4. The van der Waals surface area contributed by atoms with E-state index in [1.807, 2.05) is 6.07 Å². The van der Waals surface area contributed by atoms with Crippen LogP contribution in [-0.4, -0.2) is 44.6 Å². The maximum Gasteiger partial charge on any atom is 0.165 e. The van der Waals surface area contributed by atoms with Crippen LogP contribution in [0.3, 0.4) is 0 Å². The lowest BCUT2D eigenvalue weighted by Gasteiger charge is -2.33. The summed E-state index contributed by atoms with van der Waals surface area (Å²) < 4.78 is 29.8. The monoisotopic (exact) mass is 295 g/mol. The van der Waals surface area contributed by atoms with E-state index in [2.05, 4.69) is 4.90 Å². The Bertz CT molecular complexity index is 469. The summed E-state index contributed by atoms with van der Waals surface area (Å²) in [6.07, 6.45) is 2.14. The molecule has 2 aliphatic rings. The van der Waals surface area contributed by atoms with Gasteiger partial charge in [-0.15, -0.1) is 0 Å². The van der Waals surface area contributed by atoms with Gasteiger partial charge in [-0.3, -0.25) is 4.90 Å². The van der Waals surface area contributed by atoms with E-state index in [0.29, 0.717) is 11.7 Å². The first-order chi connectivity index (χ1) is 10.3. The molecule has 0 atom stereocenters. The maximum atomic E-state index is 13.7. The van der Waals surface area contributed by atoms with Crippen molar-refractivity contribution in [2.45, 2.75) is 25.7 Å².